The van der Waals surface area contributed by atoms with E-state index < -0.39 is 0 Å². The number of carbonyl (C=O) groups excluding carboxylic acids is 1. The number of nitrogens with two attached hydrogens (primary N) is 1. The van der Waals surface area contributed by atoms with E-state index in [9.17, 15) is 4.79 Å². The van der Waals surface area contributed by atoms with E-state index in [0.717, 1.165) is 32.4 Å². The zero-order valence-electron chi connectivity index (χ0n) is 8.96. The van der Waals surface area contributed by atoms with Crippen LogP contribution in [0.1, 0.15) is 25.7 Å². The lowest BCUT2D eigenvalue weighted by Crippen LogP contribution is -2.36. The van der Waals surface area contributed by atoms with E-state index in [2.05, 4.69) is 17.3 Å². The number of likely N-dealkylation sites (tertiary alicyclic amines) is 1. The summed E-state index contributed by atoms with van der Waals surface area (Å²) in [5.74, 6) is 0.179. The molecule has 4 nitrogen and oxygen atoms in total. The molecular formula is C10H21N3O. The summed E-state index contributed by atoms with van der Waals surface area (Å²) >= 11 is 0. The van der Waals surface area contributed by atoms with Gasteiger partial charge >= 0.3 is 0 Å². The quantitative estimate of drug-likeness (QED) is 0.610. The van der Waals surface area contributed by atoms with Crippen molar-refractivity contribution in [1.29, 1.82) is 0 Å². The number of unbranched alkanes of at least 4 members (excludes halogenated alkanes) is 1. The van der Waals surface area contributed by atoms with Crippen molar-refractivity contribution in [2.45, 2.75) is 31.7 Å². The van der Waals surface area contributed by atoms with E-state index in [0.29, 0.717) is 19.0 Å². The van der Waals surface area contributed by atoms with Gasteiger partial charge in [-0.3, -0.25) is 4.79 Å². The van der Waals surface area contributed by atoms with Crippen LogP contribution in [0.2, 0.25) is 0 Å². The fourth-order valence-electron chi connectivity index (χ4n) is 1.78. The summed E-state index contributed by atoms with van der Waals surface area (Å²) in [6.45, 7) is 2.76. The third-order valence-corrected chi connectivity index (χ3v) is 2.61. The van der Waals surface area contributed by atoms with Crippen molar-refractivity contribution in [3.63, 3.8) is 0 Å². The Morgan fingerprint density at radius 1 is 1.57 bits per heavy atom. The molecule has 1 aliphatic rings. The maximum absolute atomic E-state index is 11.4. The number of rotatable bonds is 5. The minimum atomic E-state index is 0.179. The highest BCUT2D eigenvalue weighted by atomic mass is 16.1. The summed E-state index contributed by atoms with van der Waals surface area (Å²) in [6, 6.07) is 0.366. The Balaban J connectivity index is 2.08. The SMILES string of the molecule is CN1CCC(NC(=O)CCCCN)C1. The van der Waals surface area contributed by atoms with Crippen LogP contribution in [0.4, 0.5) is 0 Å². The van der Waals surface area contributed by atoms with Crippen LogP contribution < -0.4 is 11.1 Å². The van der Waals surface area contributed by atoms with Crippen LogP contribution in [0, 0.1) is 0 Å². The molecule has 0 aliphatic carbocycles. The van der Waals surface area contributed by atoms with Gasteiger partial charge in [-0.15, -0.1) is 0 Å². The van der Waals surface area contributed by atoms with Gasteiger partial charge < -0.3 is 16.0 Å². The zero-order chi connectivity index (χ0) is 10.4. The summed E-state index contributed by atoms with van der Waals surface area (Å²) in [6.07, 6.45) is 3.55. The number of nitrogens with one attached hydrogen (secondary N) is 1. The van der Waals surface area contributed by atoms with Crippen LogP contribution in [0.5, 0.6) is 0 Å². The van der Waals surface area contributed by atoms with E-state index in [1.807, 2.05) is 0 Å². The van der Waals surface area contributed by atoms with Gasteiger partial charge in [0.2, 0.25) is 5.91 Å². The number of amides is 1. The summed E-state index contributed by atoms with van der Waals surface area (Å²) < 4.78 is 0. The van der Waals surface area contributed by atoms with Crippen LogP contribution in [0.15, 0.2) is 0 Å². The second kappa shape index (κ2) is 5.98. The highest BCUT2D eigenvalue weighted by Gasteiger charge is 2.20. The Kier molecular flexibility index (Phi) is 4.90. The van der Waals surface area contributed by atoms with Gasteiger partial charge in [-0.2, -0.15) is 0 Å². The topological polar surface area (TPSA) is 58.4 Å². The first-order valence-electron chi connectivity index (χ1n) is 5.40. The standard InChI is InChI=1S/C10H21N3O/c1-13-7-5-9(8-13)12-10(14)4-2-3-6-11/h9H,2-8,11H2,1H3,(H,12,14). The molecule has 4 heteroatoms. The highest BCUT2D eigenvalue weighted by molar-refractivity contribution is 5.76. The molecule has 3 N–H and O–H groups in total. The molecule has 0 spiro atoms. The Morgan fingerprint density at radius 3 is 2.93 bits per heavy atom. The predicted octanol–water partition coefficient (Wildman–Crippen LogP) is -0.0643. The normalized spacial score (nSPS) is 22.6. The van der Waals surface area contributed by atoms with Crippen molar-refractivity contribution in [3.8, 4) is 0 Å². The fourth-order valence-corrected chi connectivity index (χ4v) is 1.78. The molecule has 0 aromatic carbocycles. The maximum atomic E-state index is 11.4. The molecule has 1 fully saturated rings. The fraction of sp³-hybridized carbons (Fsp3) is 0.900. The minimum Gasteiger partial charge on any atom is -0.352 e. The summed E-state index contributed by atoms with van der Waals surface area (Å²) in [5.41, 5.74) is 5.36. The lowest BCUT2D eigenvalue weighted by Gasteiger charge is -2.12. The largest absolute Gasteiger partial charge is 0.352 e. The van der Waals surface area contributed by atoms with E-state index >= 15 is 0 Å². The highest BCUT2D eigenvalue weighted by Crippen LogP contribution is 2.06. The van der Waals surface area contributed by atoms with E-state index in [1.165, 1.54) is 0 Å². The van der Waals surface area contributed by atoms with Crippen molar-refractivity contribution >= 4 is 5.91 Å². The molecule has 1 saturated heterocycles. The smallest absolute Gasteiger partial charge is 0.220 e. The Bertz CT molecular complexity index is 184. The van der Waals surface area contributed by atoms with Crippen LogP contribution in [-0.2, 0) is 4.79 Å². The van der Waals surface area contributed by atoms with E-state index in [4.69, 9.17) is 5.73 Å². The molecule has 82 valence electrons. The van der Waals surface area contributed by atoms with Crippen molar-refractivity contribution in [2.75, 3.05) is 26.7 Å². The maximum Gasteiger partial charge on any atom is 0.220 e. The molecule has 0 bridgehead atoms. The molecule has 0 aromatic heterocycles. The first-order chi connectivity index (χ1) is 6.72. The van der Waals surface area contributed by atoms with Crippen LogP contribution in [0.3, 0.4) is 0 Å². The predicted molar refractivity (Wildman–Crippen MR) is 57.0 cm³/mol. The monoisotopic (exact) mass is 199 g/mol. The average Bonchev–Trinajstić information content (AvgIpc) is 2.52. The van der Waals surface area contributed by atoms with E-state index in [-0.39, 0.29) is 5.91 Å². The molecule has 1 heterocycles. The minimum absolute atomic E-state index is 0.179. The van der Waals surface area contributed by atoms with Gasteiger partial charge in [0.1, 0.15) is 0 Å². The van der Waals surface area contributed by atoms with Gasteiger partial charge in [-0.05, 0) is 39.4 Å². The molecule has 14 heavy (non-hydrogen) atoms. The van der Waals surface area contributed by atoms with Gasteiger partial charge in [0.15, 0.2) is 0 Å². The summed E-state index contributed by atoms with van der Waals surface area (Å²) in [5, 5.41) is 3.05. The Morgan fingerprint density at radius 2 is 2.36 bits per heavy atom. The zero-order valence-corrected chi connectivity index (χ0v) is 8.96. The van der Waals surface area contributed by atoms with Crippen LogP contribution in [0.25, 0.3) is 0 Å². The average molecular weight is 199 g/mol. The van der Waals surface area contributed by atoms with Crippen molar-refractivity contribution in [3.05, 3.63) is 0 Å². The number of carbonyl (C=O) groups is 1. The molecular weight excluding hydrogens is 178 g/mol. The van der Waals surface area contributed by atoms with Crippen LogP contribution >= 0.6 is 0 Å². The first kappa shape index (κ1) is 11.5. The molecule has 1 atom stereocenters. The van der Waals surface area contributed by atoms with Gasteiger partial charge in [0.25, 0.3) is 0 Å². The van der Waals surface area contributed by atoms with Crippen molar-refractivity contribution in [1.82, 2.24) is 10.2 Å². The third-order valence-electron chi connectivity index (χ3n) is 2.61. The van der Waals surface area contributed by atoms with Gasteiger partial charge in [0.05, 0.1) is 0 Å². The molecule has 0 radical (unpaired) electrons. The molecule has 0 saturated carbocycles. The van der Waals surface area contributed by atoms with Crippen molar-refractivity contribution < 1.29 is 4.79 Å². The molecule has 1 aliphatic heterocycles. The number of hydrogen-bond donors (Lipinski definition) is 2. The van der Waals surface area contributed by atoms with Gasteiger partial charge in [-0.25, -0.2) is 0 Å². The summed E-state index contributed by atoms with van der Waals surface area (Å²) in [4.78, 5) is 13.7. The second-order valence-corrected chi connectivity index (χ2v) is 4.06. The number of likely N-dealkylation sites (N-methyl/N-ethyl adjacent to an activating group) is 1. The summed E-state index contributed by atoms with van der Waals surface area (Å²) in [7, 11) is 2.08. The van der Waals surface area contributed by atoms with Gasteiger partial charge in [-0.1, -0.05) is 0 Å². The molecule has 1 amide bonds. The molecule has 1 rings (SSSR count). The van der Waals surface area contributed by atoms with E-state index in [1.54, 1.807) is 0 Å². The number of nitrogens with zero attached hydrogens (tertiary/aromatic N) is 1. The Hall–Kier alpha value is -0.610. The lowest BCUT2D eigenvalue weighted by atomic mass is 10.2. The van der Waals surface area contributed by atoms with Crippen LogP contribution in [-0.4, -0.2) is 43.5 Å². The first-order valence-corrected chi connectivity index (χ1v) is 5.40. The number of hydrogen-bond acceptors (Lipinski definition) is 3. The van der Waals surface area contributed by atoms with Gasteiger partial charge in [0, 0.05) is 19.0 Å². The second-order valence-electron chi connectivity index (χ2n) is 4.06. The van der Waals surface area contributed by atoms with Crippen molar-refractivity contribution in [2.24, 2.45) is 5.73 Å². The third kappa shape index (κ3) is 4.07. The molecule has 0 aromatic rings. The lowest BCUT2D eigenvalue weighted by molar-refractivity contribution is -0.121. The Labute approximate surface area is 85.8 Å². The molecule has 1 unspecified atom stereocenters.